The molecule has 3 aromatic rings. The average Bonchev–Trinajstić information content (AvgIpc) is 3.69. The summed E-state index contributed by atoms with van der Waals surface area (Å²) < 4.78 is 23.8. The molecule has 3 heterocycles. The van der Waals surface area contributed by atoms with E-state index < -0.39 is 6.10 Å². The van der Waals surface area contributed by atoms with Gasteiger partial charge in [0, 0.05) is 75.6 Å². The highest BCUT2D eigenvalue weighted by Gasteiger charge is 2.42. The van der Waals surface area contributed by atoms with E-state index in [4.69, 9.17) is 42.1 Å². The van der Waals surface area contributed by atoms with E-state index in [1.165, 1.54) is 0 Å². The van der Waals surface area contributed by atoms with Crippen LogP contribution >= 0.6 is 23.2 Å². The number of hydrogen-bond acceptors (Lipinski definition) is 8. The molecule has 2 fully saturated rings. The lowest BCUT2D eigenvalue weighted by Crippen LogP contribution is -2.49. The van der Waals surface area contributed by atoms with Crippen molar-refractivity contribution in [3.05, 3.63) is 81.3 Å². The van der Waals surface area contributed by atoms with E-state index in [0.29, 0.717) is 36.7 Å². The van der Waals surface area contributed by atoms with Gasteiger partial charge in [-0.1, -0.05) is 35.3 Å². The van der Waals surface area contributed by atoms with Crippen LogP contribution in [0.1, 0.15) is 40.7 Å². The number of piperidine rings is 1. The van der Waals surface area contributed by atoms with Crippen LogP contribution in [-0.4, -0.2) is 90.7 Å². The smallest absolute Gasteiger partial charge is 0.257 e. The molecular formula is C35H40Cl2N2O7. The first-order valence-electron chi connectivity index (χ1n) is 15.7. The highest BCUT2D eigenvalue weighted by atomic mass is 35.5. The molecule has 9 nitrogen and oxygen atoms in total. The van der Waals surface area contributed by atoms with Crippen LogP contribution in [-0.2, 0) is 13.0 Å². The Balaban J connectivity index is 1.09. The van der Waals surface area contributed by atoms with E-state index in [0.717, 1.165) is 66.4 Å². The summed E-state index contributed by atoms with van der Waals surface area (Å²) in [5.41, 5.74) is 2.14. The van der Waals surface area contributed by atoms with Gasteiger partial charge in [0.05, 0.1) is 17.7 Å². The molecule has 3 aliphatic heterocycles. The van der Waals surface area contributed by atoms with Crippen LogP contribution in [0.5, 0.6) is 23.0 Å². The van der Waals surface area contributed by atoms with Gasteiger partial charge >= 0.3 is 0 Å². The number of likely N-dealkylation sites (tertiary alicyclic amines) is 2. The molecule has 3 aliphatic rings. The Bertz CT molecular complexity index is 1530. The van der Waals surface area contributed by atoms with Gasteiger partial charge in [-0.25, -0.2) is 0 Å². The number of hydrogen-bond donors (Lipinski definition) is 2. The van der Waals surface area contributed by atoms with Crippen molar-refractivity contribution < 1.29 is 34.0 Å². The molecule has 11 heteroatoms. The van der Waals surface area contributed by atoms with Crippen molar-refractivity contribution in [1.82, 2.24) is 9.80 Å². The number of ether oxygens (including phenoxy) is 4. The van der Waals surface area contributed by atoms with Gasteiger partial charge < -0.3 is 39.0 Å². The van der Waals surface area contributed by atoms with Gasteiger partial charge in [-0.15, -0.1) is 0 Å². The number of aliphatic hydroxyl groups is 2. The molecule has 2 N–H and O–H groups in total. The van der Waals surface area contributed by atoms with Gasteiger partial charge in [0.25, 0.3) is 5.91 Å². The van der Waals surface area contributed by atoms with Crippen molar-refractivity contribution in [3.63, 3.8) is 0 Å². The number of benzene rings is 3. The minimum Gasteiger partial charge on any atom is -0.497 e. The van der Waals surface area contributed by atoms with Crippen LogP contribution in [0.3, 0.4) is 0 Å². The summed E-state index contributed by atoms with van der Waals surface area (Å²) in [6.45, 7) is 3.27. The molecule has 0 bridgehead atoms. The van der Waals surface area contributed by atoms with Gasteiger partial charge in [-0.05, 0) is 53.9 Å². The van der Waals surface area contributed by atoms with Gasteiger partial charge in [-0.2, -0.15) is 0 Å². The first-order chi connectivity index (χ1) is 22.2. The molecule has 6 rings (SSSR count). The van der Waals surface area contributed by atoms with E-state index >= 15 is 0 Å². The summed E-state index contributed by atoms with van der Waals surface area (Å²) in [5, 5.41) is 21.6. The third kappa shape index (κ3) is 7.50. The second-order valence-electron chi connectivity index (χ2n) is 12.5. The zero-order valence-corrected chi connectivity index (χ0v) is 27.4. The SMILES string of the molecule is COc1ccc(COc2cc(OC[C@@H](O)CN3CCC4(CC3)Cc3cc(Cl)ccc3O4)c(C(=O)N3CC[C@@H](CO)C3)cc2Cl)cc1. The van der Waals surface area contributed by atoms with Crippen molar-refractivity contribution in [1.29, 1.82) is 0 Å². The highest BCUT2D eigenvalue weighted by Crippen LogP contribution is 2.42. The lowest BCUT2D eigenvalue weighted by Gasteiger charge is -2.39. The van der Waals surface area contributed by atoms with E-state index in [1.54, 1.807) is 24.1 Å². The molecule has 1 amide bonds. The van der Waals surface area contributed by atoms with Crippen LogP contribution in [0.2, 0.25) is 10.0 Å². The predicted octanol–water partition coefficient (Wildman–Crippen LogP) is 5.24. The summed E-state index contributed by atoms with van der Waals surface area (Å²) in [6.07, 6.45) is 2.48. The van der Waals surface area contributed by atoms with Crippen LogP contribution in [0, 0.1) is 5.92 Å². The number of halogens is 2. The van der Waals surface area contributed by atoms with E-state index in [1.807, 2.05) is 42.5 Å². The molecule has 0 radical (unpaired) electrons. The Morgan fingerprint density at radius 3 is 2.54 bits per heavy atom. The standard InChI is InChI=1S/C35H40Cl2N2O7/c1-43-28-5-2-23(3-6-28)21-44-33-16-32(29(15-30(33)37)34(42)39-11-8-24(18-39)20-40)45-22-27(41)19-38-12-9-35(10-13-38)17-25-14-26(36)4-7-31(25)46-35/h2-7,14-16,24,27,40-41H,8-13,17-22H2,1H3/t24-,27+/m1/s1. The Morgan fingerprint density at radius 2 is 1.83 bits per heavy atom. The molecule has 2 saturated heterocycles. The average molecular weight is 672 g/mol. The third-order valence-electron chi connectivity index (χ3n) is 9.18. The van der Waals surface area contributed by atoms with Crippen molar-refractivity contribution >= 4 is 29.1 Å². The zero-order valence-electron chi connectivity index (χ0n) is 25.9. The maximum atomic E-state index is 13.6. The van der Waals surface area contributed by atoms with E-state index in [9.17, 15) is 15.0 Å². The van der Waals surface area contributed by atoms with Crippen molar-refractivity contribution in [2.24, 2.45) is 5.92 Å². The van der Waals surface area contributed by atoms with Crippen LogP contribution < -0.4 is 18.9 Å². The predicted molar refractivity (Wildman–Crippen MR) is 176 cm³/mol. The Labute approximate surface area is 279 Å². The van der Waals surface area contributed by atoms with E-state index in [2.05, 4.69) is 4.90 Å². The fraction of sp³-hybridized carbons (Fsp3) is 0.457. The number of rotatable bonds is 11. The van der Waals surface area contributed by atoms with Gasteiger partial charge in [-0.3, -0.25) is 4.79 Å². The quantitative estimate of drug-likeness (QED) is 0.286. The number of β-amino-alcohol motifs (C(OH)–C–C–N with tert-alkyl or cyclic N) is 1. The van der Waals surface area contributed by atoms with E-state index in [-0.39, 0.29) is 42.3 Å². The molecule has 0 aromatic heterocycles. The fourth-order valence-electron chi connectivity index (χ4n) is 6.51. The van der Waals surface area contributed by atoms with Crippen molar-refractivity contribution in [2.75, 3.05) is 53.0 Å². The minimum atomic E-state index is -0.789. The third-order valence-corrected chi connectivity index (χ3v) is 9.71. The summed E-state index contributed by atoms with van der Waals surface area (Å²) in [4.78, 5) is 17.5. The molecule has 0 aliphatic carbocycles. The number of methoxy groups -OCH3 is 1. The van der Waals surface area contributed by atoms with Crippen LogP contribution in [0.15, 0.2) is 54.6 Å². The van der Waals surface area contributed by atoms with Crippen LogP contribution in [0.4, 0.5) is 0 Å². The summed E-state index contributed by atoms with van der Waals surface area (Å²) in [7, 11) is 1.61. The van der Waals surface area contributed by atoms with Crippen molar-refractivity contribution in [3.8, 4) is 23.0 Å². The Kier molecular flexibility index (Phi) is 10.2. The molecule has 246 valence electrons. The molecule has 1 spiro atoms. The maximum Gasteiger partial charge on any atom is 0.257 e. The maximum absolute atomic E-state index is 13.6. The van der Waals surface area contributed by atoms with Gasteiger partial charge in [0.2, 0.25) is 0 Å². The number of amides is 1. The van der Waals surface area contributed by atoms with Gasteiger partial charge in [0.15, 0.2) is 0 Å². The lowest BCUT2D eigenvalue weighted by atomic mass is 9.87. The number of carbonyl (C=O) groups is 1. The Hall–Kier alpha value is -3.21. The summed E-state index contributed by atoms with van der Waals surface area (Å²) in [5.74, 6) is 2.13. The topological polar surface area (TPSA) is 101 Å². The number of fused-ring (bicyclic) bond motifs is 1. The molecule has 0 saturated carbocycles. The largest absolute Gasteiger partial charge is 0.497 e. The molecule has 3 aromatic carbocycles. The number of aliphatic hydroxyl groups excluding tert-OH is 2. The van der Waals surface area contributed by atoms with Gasteiger partial charge in [0.1, 0.15) is 47.9 Å². The second-order valence-corrected chi connectivity index (χ2v) is 13.3. The summed E-state index contributed by atoms with van der Waals surface area (Å²) in [6, 6.07) is 16.5. The summed E-state index contributed by atoms with van der Waals surface area (Å²) >= 11 is 12.8. The Morgan fingerprint density at radius 1 is 1.04 bits per heavy atom. The lowest BCUT2D eigenvalue weighted by molar-refractivity contribution is -0.00203. The minimum absolute atomic E-state index is 0.0127. The fourth-order valence-corrected chi connectivity index (χ4v) is 6.92. The molecular weight excluding hydrogens is 631 g/mol. The number of nitrogens with zero attached hydrogens (tertiary/aromatic N) is 2. The highest BCUT2D eigenvalue weighted by molar-refractivity contribution is 6.32. The zero-order chi connectivity index (χ0) is 32.3. The first kappa shape index (κ1) is 32.7. The molecule has 2 atom stereocenters. The normalized spacial score (nSPS) is 19.5. The van der Waals surface area contributed by atoms with Crippen molar-refractivity contribution in [2.45, 2.75) is 44.0 Å². The number of carbonyl (C=O) groups excluding carboxylic acids is 1. The molecule has 46 heavy (non-hydrogen) atoms. The monoisotopic (exact) mass is 670 g/mol. The second kappa shape index (κ2) is 14.3. The van der Waals surface area contributed by atoms with Crippen LogP contribution in [0.25, 0.3) is 0 Å². The molecule has 0 unspecified atom stereocenters. The first-order valence-corrected chi connectivity index (χ1v) is 16.5.